The topological polar surface area (TPSA) is 60.9 Å². The largest absolute Gasteiger partial charge is 0.488 e. The van der Waals surface area contributed by atoms with Crippen molar-refractivity contribution in [2.24, 2.45) is 0 Å². The Hall–Kier alpha value is -2.96. The van der Waals surface area contributed by atoms with Gasteiger partial charge in [-0.05, 0) is 30.8 Å². The molecule has 0 amide bonds. The summed E-state index contributed by atoms with van der Waals surface area (Å²) < 4.78 is 16.6. The van der Waals surface area contributed by atoms with E-state index in [4.69, 9.17) is 14.2 Å². The molecular formula is C23H26N2O4. The number of rotatable bonds is 10. The summed E-state index contributed by atoms with van der Waals surface area (Å²) in [6, 6.07) is 16.6. The molecule has 0 saturated heterocycles. The van der Waals surface area contributed by atoms with Gasteiger partial charge in [-0.1, -0.05) is 37.3 Å². The molecule has 29 heavy (non-hydrogen) atoms. The van der Waals surface area contributed by atoms with Gasteiger partial charge in [0.2, 0.25) is 0 Å². The molecule has 152 valence electrons. The Kier molecular flexibility index (Phi) is 7.55. The number of ether oxygens (including phenoxy) is 3. The third kappa shape index (κ3) is 5.76. The summed E-state index contributed by atoms with van der Waals surface area (Å²) in [6.45, 7) is 5.80. The highest BCUT2D eigenvalue weighted by atomic mass is 16.6. The summed E-state index contributed by atoms with van der Waals surface area (Å²) in [5.41, 5.74) is 1.23. The van der Waals surface area contributed by atoms with Crippen LogP contribution in [0.1, 0.15) is 17.3 Å². The van der Waals surface area contributed by atoms with E-state index in [1.807, 2.05) is 36.4 Å². The van der Waals surface area contributed by atoms with Crippen molar-refractivity contribution in [2.75, 3.05) is 40.0 Å². The van der Waals surface area contributed by atoms with Gasteiger partial charge in [-0.15, -0.1) is 0 Å². The fourth-order valence-corrected chi connectivity index (χ4v) is 2.93. The maximum absolute atomic E-state index is 12.6. The number of likely N-dealkylation sites (N-methyl/N-ethyl adjacent to an activating group) is 1. The molecule has 0 fully saturated rings. The van der Waals surface area contributed by atoms with E-state index in [1.54, 1.807) is 25.3 Å². The minimum Gasteiger partial charge on any atom is -0.488 e. The number of methoxy groups -OCH3 is 1. The van der Waals surface area contributed by atoms with Crippen molar-refractivity contribution in [1.29, 1.82) is 0 Å². The third-order valence-corrected chi connectivity index (χ3v) is 4.60. The van der Waals surface area contributed by atoms with Crippen LogP contribution in [0.5, 0.6) is 11.5 Å². The molecule has 0 radical (unpaired) electrons. The lowest BCUT2D eigenvalue weighted by Gasteiger charge is -2.20. The summed E-state index contributed by atoms with van der Waals surface area (Å²) in [5, 5.41) is 0.891. The molecule has 3 rings (SSSR count). The monoisotopic (exact) mass is 394 g/mol. The van der Waals surface area contributed by atoms with Gasteiger partial charge in [0, 0.05) is 31.8 Å². The van der Waals surface area contributed by atoms with Gasteiger partial charge in [-0.25, -0.2) is 4.79 Å². The molecule has 1 aromatic heterocycles. The summed E-state index contributed by atoms with van der Waals surface area (Å²) >= 11 is 0. The first-order valence-electron chi connectivity index (χ1n) is 9.71. The number of pyridine rings is 1. The lowest BCUT2D eigenvalue weighted by molar-refractivity contribution is 0.0726. The van der Waals surface area contributed by atoms with Crippen molar-refractivity contribution in [3.63, 3.8) is 0 Å². The standard InChI is InChI=1S/C23H26N2O4/c1-3-25(12-14-27-2)13-15-28-21-10-6-7-11-22(21)29-23(26)19-16-18-8-4-5-9-20(18)24-17-19/h4-11,16-17H,3,12-15H2,1-2H3. The first-order chi connectivity index (χ1) is 14.2. The summed E-state index contributed by atoms with van der Waals surface area (Å²) in [7, 11) is 1.69. The lowest BCUT2D eigenvalue weighted by Crippen LogP contribution is -2.31. The molecule has 0 aliphatic heterocycles. The second-order valence-corrected chi connectivity index (χ2v) is 6.53. The van der Waals surface area contributed by atoms with E-state index < -0.39 is 5.97 Å². The fourth-order valence-electron chi connectivity index (χ4n) is 2.93. The summed E-state index contributed by atoms with van der Waals surface area (Å²) in [5.74, 6) is 0.470. The van der Waals surface area contributed by atoms with Crippen LogP contribution in [0.15, 0.2) is 60.8 Å². The molecule has 3 aromatic rings. The van der Waals surface area contributed by atoms with Gasteiger partial charge < -0.3 is 14.2 Å². The molecular weight excluding hydrogens is 368 g/mol. The van der Waals surface area contributed by atoms with E-state index in [-0.39, 0.29) is 0 Å². The maximum Gasteiger partial charge on any atom is 0.345 e. The number of hydrogen-bond donors (Lipinski definition) is 0. The van der Waals surface area contributed by atoms with Gasteiger partial charge in [0.1, 0.15) is 6.61 Å². The molecule has 1 heterocycles. The van der Waals surface area contributed by atoms with E-state index in [9.17, 15) is 4.79 Å². The first kappa shape index (κ1) is 20.8. The van der Waals surface area contributed by atoms with Gasteiger partial charge >= 0.3 is 5.97 Å². The molecule has 0 unspecified atom stereocenters. The van der Waals surface area contributed by atoms with Crippen molar-refractivity contribution in [3.8, 4) is 11.5 Å². The molecule has 0 saturated carbocycles. The van der Waals surface area contributed by atoms with Gasteiger partial charge in [-0.3, -0.25) is 9.88 Å². The highest BCUT2D eigenvalue weighted by molar-refractivity contribution is 5.95. The van der Waals surface area contributed by atoms with Crippen molar-refractivity contribution in [1.82, 2.24) is 9.88 Å². The highest BCUT2D eigenvalue weighted by Crippen LogP contribution is 2.27. The number of carbonyl (C=O) groups excluding carboxylic acids is 1. The number of fused-ring (bicyclic) bond motifs is 1. The van der Waals surface area contributed by atoms with Crippen LogP contribution in [0.25, 0.3) is 10.9 Å². The van der Waals surface area contributed by atoms with Crippen LogP contribution in [0.3, 0.4) is 0 Å². The van der Waals surface area contributed by atoms with Gasteiger partial charge in [0.15, 0.2) is 11.5 Å². The number of carbonyl (C=O) groups is 1. The zero-order chi connectivity index (χ0) is 20.5. The molecule has 6 nitrogen and oxygen atoms in total. The average Bonchev–Trinajstić information content (AvgIpc) is 2.76. The van der Waals surface area contributed by atoms with Crippen molar-refractivity contribution >= 4 is 16.9 Å². The Bertz CT molecular complexity index is 945. The minimum absolute atomic E-state index is 0.394. The molecule has 0 bridgehead atoms. The van der Waals surface area contributed by atoms with E-state index in [0.717, 1.165) is 30.5 Å². The van der Waals surface area contributed by atoms with E-state index >= 15 is 0 Å². The SMILES string of the molecule is CCN(CCOC)CCOc1ccccc1OC(=O)c1cnc2ccccc2c1. The lowest BCUT2D eigenvalue weighted by atomic mass is 10.1. The minimum atomic E-state index is -0.463. The molecule has 0 aliphatic carbocycles. The van der Waals surface area contributed by atoms with E-state index in [0.29, 0.717) is 30.3 Å². The molecule has 0 aliphatic rings. The predicted octanol–water partition coefficient (Wildman–Crippen LogP) is 3.80. The van der Waals surface area contributed by atoms with Gasteiger partial charge in [0.25, 0.3) is 0 Å². The zero-order valence-electron chi connectivity index (χ0n) is 16.8. The van der Waals surface area contributed by atoms with Crippen molar-refractivity contribution in [2.45, 2.75) is 6.92 Å². The van der Waals surface area contributed by atoms with Crippen LogP contribution < -0.4 is 9.47 Å². The zero-order valence-corrected chi connectivity index (χ0v) is 16.8. The van der Waals surface area contributed by atoms with Crippen LogP contribution in [0.4, 0.5) is 0 Å². The number of nitrogens with zero attached hydrogens (tertiary/aromatic N) is 2. The number of benzene rings is 2. The van der Waals surface area contributed by atoms with E-state index in [2.05, 4.69) is 16.8 Å². The maximum atomic E-state index is 12.6. The summed E-state index contributed by atoms with van der Waals surface area (Å²) in [6.07, 6.45) is 1.53. The first-order valence-corrected chi connectivity index (χ1v) is 9.71. The summed E-state index contributed by atoms with van der Waals surface area (Å²) in [4.78, 5) is 19.2. The van der Waals surface area contributed by atoms with Crippen LogP contribution >= 0.6 is 0 Å². The van der Waals surface area contributed by atoms with Crippen LogP contribution in [0, 0.1) is 0 Å². The molecule has 0 spiro atoms. The Morgan fingerprint density at radius 2 is 1.72 bits per heavy atom. The molecule has 2 aromatic carbocycles. The molecule has 0 N–H and O–H groups in total. The van der Waals surface area contributed by atoms with Crippen LogP contribution in [-0.2, 0) is 4.74 Å². The van der Waals surface area contributed by atoms with E-state index in [1.165, 1.54) is 6.20 Å². The molecule has 6 heteroatoms. The normalized spacial score (nSPS) is 11.0. The Morgan fingerprint density at radius 3 is 2.52 bits per heavy atom. The second kappa shape index (κ2) is 10.5. The Balaban J connectivity index is 1.64. The number of hydrogen-bond acceptors (Lipinski definition) is 6. The quantitative estimate of drug-likeness (QED) is 0.385. The van der Waals surface area contributed by atoms with Gasteiger partial charge in [-0.2, -0.15) is 0 Å². The number of aromatic nitrogens is 1. The van der Waals surface area contributed by atoms with Gasteiger partial charge in [0.05, 0.1) is 17.7 Å². The predicted molar refractivity (Wildman–Crippen MR) is 113 cm³/mol. The van der Waals surface area contributed by atoms with Crippen LogP contribution in [-0.4, -0.2) is 55.8 Å². The number of esters is 1. The average molecular weight is 394 g/mol. The third-order valence-electron chi connectivity index (χ3n) is 4.60. The van der Waals surface area contributed by atoms with Crippen LogP contribution in [0.2, 0.25) is 0 Å². The number of para-hydroxylation sites is 3. The Labute approximate surface area is 171 Å². The smallest absolute Gasteiger partial charge is 0.345 e. The highest BCUT2D eigenvalue weighted by Gasteiger charge is 2.14. The van der Waals surface area contributed by atoms with Crippen molar-refractivity contribution < 1.29 is 19.0 Å². The molecule has 0 atom stereocenters. The fraction of sp³-hybridized carbons (Fsp3) is 0.304. The second-order valence-electron chi connectivity index (χ2n) is 6.53. The Morgan fingerprint density at radius 1 is 1.00 bits per heavy atom. The van der Waals surface area contributed by atoms with Crippen molar-refractivity contribution in [3.05, 3.63) is 66.4 Å².